The van der Waals surface area contributed by atoms with Crippen molar-refractivity contribution in [3.05, 3.63) is 22.6 Å². The highest BCUT2D eigenvalue weighted by molar-refractivity contribution is 8.18. The number of rotatable bonds is 7. The molecular weight excluding hydrogens is 362 g/mol. The van der Waals surface area contributed by atoms with Gasteiger partial charge in [-0.25, -0.2) is 0 Å². The van der Waals surface area contributed by atoms with Crippen molar-refractivity contribution in [3.63, 3.8) is 0 Å². The van der Waals surface area contributed by atoms with E-state index in [1.54, 1.807) is 19.1 Å². The van der Waals surface area contributed by atoms with Crippen LogP contribution in [0.1, 0.15) is 12.5 Å². The molecule has 0 atom stereocenters. The van der Waals surface area contributed by atoms with Gasteiger partial charge in [0.2, 0.25) is 0 Å². The zero-order chi connectivity index (χ0) is 19.3. The lowest BCUT2D eigenvalue weighted by atomic mass is 10.1. The normalized spacial score (nSPS) is 15.4. The maximum atomic E-state index is 12.4. The van der Waals surface area contributed by atoms with E-state index in [0.717, 1.165) is 16.7 Å². The monoisotopic (exact) mass is 381 g/mol. The predicted molar refractivity (Wildman–Crippen MR) is 95.4 cm³/mol. The molecule has 1 aromatic rings. The van der Waals surface area contributed by atoms with Gasteiger partial charge in [0.05, 0.1) is 32.8 Å². The molecule has 2 rings (SSSR count). The van der Waals surface area contributed by atoms with Crippen LogP contribution in [0.5, 0.6) is 17.2 Å². The molecule has 9 heteroatoms. The summed E-state index contributed by atoms with van der Waals surface area (Å²) in [6.07, 6.45) is 1.51. The Morgan fingerprint density at radius 3 is 2.27 bits per heavy atom. The van der Waals surface area contributed by atoms with Crippen LogP contribution >= 0.6 is 11.8 Å². The molecule has 1 saturated heterocycles. The Morgan fingerprint density at radius 1 is 1.08 bits per heavy atom. The van der Waals surface area contributed by atoms with Crippen LogP contribution in [0, 0.1) is 0 Å². The highest BCUT2D eigenvalue weighted by Gasteiger charge is 2.36. The average molecular weight is 381 g/mol. The summed E-state index contributed by atoms with van der Waals surface area (Å²) in [5.74, 6) is 0.159. The second kappa shape index (κ2) is 8.61. The fourth-order valence-electron chi connectivity index (χ4n) is 2.28. The molecular formula is C17H19NO7S. The minimum Gasteiger partial charge on any atom is -0.496 e. The summed E-state index contributed by atoms with van der Waals surface area (Å²) in [5.41, 5.74) is 0.534. The second-order valence-corrected chi connectivity index (χ2v) is 6.02. The van der Waals surface area contributed by atoms with Crippen LogP contribution in [0.15, 0.2) is 17.0 Å². The molecule has 1 aliphatic heterocycles. The highest BCUT2D eigenvalue weighted by Crippen LogP contribution is 2.38. The average Bonchev–Trinajstić information content (AvgIpc) is 2.88. The summed E-state index contributed by atoms with van der Waals surface area (Å²) < 4.78 is 20.6. The zero-order valence-electron chi connectivity index (χ0n) is 14.9. The number of methoxy groups -OCH3 is 3. The lowest BCUT2D eigenvalue weighted by molar-refractivity contribution is -0.145. The minimum absolute atomic E-state index is 0.171. The van der Waals surface area contributed by atoms with Crippen molar-refractivity contribution in [2.24, 2.45) is 0 Å². The van der Waals surface area contributed by atoms with Gasteiger partial charge in [-0.05, 0) is 30.8 Å². The van der Waals surface area contributed by atoms with Gasteiger partial charge in [0.25, 0.3) is 11.1 Å². The van der Waals surface area contributed by atoms with Crippen LogP contribution in [0.3, 0.4) is 0 Å². The molecule has 2 amide bonds. The van der Waals surface area contributed by atoms with Crippen LogP contribution in [0.2, 0.25) is 0 Å². The topological polar surface area (TPSA) is 91.4 Å². The number of carbonyl (C=O) groups is 3. The quantitative estimate of drug-likeness (QED) is 0.525. The Hall–Kier alpha value is -2.68. The van der Waals surface area contributed by atoms with E-state index < -0.39 is 23.7 Å². The van der Waals surface area contributed by atoms with E-state index in [2.05, 4.69) is 0 Å². The van der Waals surface area contributed by atoms with E-state index in [4.69, 9.17) is 18.9 Å². The van der Waals surface area contributed by atoms with Gasteiger partial charge in [-0.1, -0.05) is 0 Å². The molecule has 140 valence electrons. The van der Waals surface area contributed by atoms with Gasteiger partial charge in [0, 0.05) is 11.6 Å². The first-order valence-corrected chi connectivity index (χ1v) is 8.47. The van der Waals surface area contributed by atoms with Gasteiger partial charge in [-0.15, -0.1) is 0 Å². The fourth-order valence-corrected chi connectivity index (χ4v) is 3.11. The van der Waals surface area contributed by atoms with Crippen molar-refractivity contribution in [3.8, 4) is 17.2 Å². The zero-order valence-corrected chi connectivity index (χ0v) is 15.7. The number of hydrogen-bond donors (Lipinski definition) is 0. The molecule has 1 fully saturated rings. The molecule has 26 heavy (non-hydrogen) atoms. The third-order valence-electron chi connectivity index (χ3n) is 3.49. The van der Waals surface area contributed by atoms with Gasteiger partial charge in [-0.3, -0.25) is 19.3 Å². The van der Waals surface area contributed by atoms with Crippen molar-refractivity contribution >= 4 is 35.0 Å². The first kappa shape index (κ1) is 19.6. The van der Waals surface area contributed by atoms with Crippen LogP contribution in [0.4, 0.5) is 4.79 Å². The van der Waals surface area contributed by atoms with Crippen molar-refractivity contribution in [2.45, 2.75) is 6.92 Å². The standard InChI is InChI=1S/C17H19NO7S/c1-5-25-15(19)9-18-16(20)14(26-17(18)21)7-10-6-12(23-3)13(24-4)8-11(10)22-2/h6-8H,5,9H2,1-4H3/b14-7+. The molecule has 1 aromatic carbocycles. The Balaban J connectivity index is 2.33. The first-order chi connectivity index (χ1) is 12.4. The Morgan fingerprint density at radius 2 is 1.69 bits per heavy atom. The smallest absolute Gasteiger partial charge is 0.326 e. The molecule has 0 aliphatic carbocycles. The van der Waals surface area contributed by atoms with E-state index in [1.165, 1.54) is 27.4 Å². The van der Waals surface area contributed by atoms with Gasteiger partial charge < -0.3 is 18.9 Å². The lowest BCUT2D eigenvalue weighted by Crippen LogP contribution is -2.34. The molecule has 1 heterocycles. The van der Waals surface area contributed by atoms with Crippen LogP contribution in [-0.2, 0) is 14.3 Å². The summed E-state index contributed by atoms with van der Waals surface area (Å²) in [7, 11) is 4.46. The number of imide groups is 1. The lowest BCUT2D eigenvalue weighted by Gasteiger charge is -2.12. The number of ether oxygens (including phenoxy) is 4. The van der Waals surface area contributed by atoms with Crippen molar-refractivity contribution in [1.82, 2.24) is 4.90 Å². The largest absolute Gasteiger partial charge is 0.496 e. The molecule has 1 aliphatic rings. The molecule has 0 bridgehead atoms. The second-order valence-electron chi connectivity index (χ2n) is 5.02. The molecule has 0 spiro atoms. The third kappa shape index (κ3) is 4.10. The van der Waals surface area contributed by atoms with Crippen LogP contribution in [-0.4, -0.2) is 56.5 Å². The number of amides is 2. The van der Waals surface area contributed by atoms with Crippen LogP contribution < -0.4 is 14.2 Å². The number of hydrogen-bond acceptors (Lipinski definition) is 8. The third-order valence-corrected chi connectivity index (χ3v) is 4.40. The number of esters is 1. The van der Waals surface area contributed by atoms with Gasteiger partial charge in [-0.2, -0.15) is 0 Å². The van der Waals surface area contributed by atoms with Gasteiger partial charge >= 0.3 is 5.97 Å². The van der Waals surface area contributed by atoms with E-state index in [-0.39, 0.29) is 11.5 Å². The number of nitrogens with zero attached hydrogens (tertiary/aromatic N) is 1. The SMILES string of the molecule is CCOC(=O)CN1C(=O)S/C(=C/c2cc(OC)c(OC)cc2OC)C1=O. The molecule has 0 N–H and O–H groups in total. The molecule has 0 unspecified atom stereocenters. The Kier molecular flexibility index (Phi) is 6.51. The first-order valence-electron chi connectivity index (χ1n) is 7.66. The summed E-state index contributed by atoms with van der Waals surface area (Å²) in [6, 6.07) is 3.25. The van der Waals surface area contributed by atoms with Crippen molar-refractivity contribution in [2.75, 3.05) is 34.5 Å². The highest BCUT2D eigenvalue weighted by atomic mass is 32.2. The maximum absolute atomic E-state index is 12.4. The summed E-state index contributed by atoms with van der Waals surface area (Å²) in [5, 5.41) is -0.534. The molecule has 0 saturated carbocycles. The maximum Gasteiger partial charge on any atom is 0.326 e. The fraction of sp³-hybridized carbons (Fsp3) is 0.353. The Bertz CT molecular complexity index is 760. The van der Waals surface area contributed by atoms with Gasteiger partial charge in [0.15, 0.2) is 11.5 Å². The van der Waals surface area contributed by atoms with E-state index >= 15 is 0 Å². The Labute approximate surface area is 155 Å². The predicted octanol–water partition coefficient (Wildman–Crippen LogP) is 2.31. The molecule has 0 aromatic heterocycles. The number of benzene rings is 1. The molecule has 8 nitrogen and oxygen atoms in total. The summed E-state index contributed by atoms with van der Waals surface area (Å²) in [4.78, 5) is 37.1. The van der Waals surface area contributed by atoms with Crippen molar-refractivity contribution < 1.29 is 33.3 Å². The summed E-state index contributed by atoms with van der Waals surface area (Å²) in [6.45, 7) is 1.40. The van der Waals surface area contributed by atoms with Crippen LogP contribution in [0.25, 0.3) is 6.08 Å². The van der Waals surface area contributed by atoms with Gasteiger partial charge in [0.1, 0.15) is 12.3 Å². The van der Waals surface area contributed by atoms with E-state index in [0.29, 0.717) is 22.8 Å². The number of carbonyl (C=O) groups excluding carboxylic acids is 3. The summed E-state index contributed by atoms with van der Waals surface area (Å²) >= 11 is 0.742. The van der Waals surface area contributed by atoms with E-state index in [9.17, 15) is 14.4 Å². The van der Waals surface area contributed by atoms with Crippen molar-refractivity contribution in [1.29, 1.82) is 0 Å². The molecule has 0 radical (unpaired) electrons. The number of thioether (sulfide) groups is 1. The minimum atomic E-state index is -0.639. The van der Waals surface area contributed by atoms with E-state index in [1.807, 2.05) is 0 Å².